The predicted octanol–water partition coefficient (Wildman–Crippen LogP) is 3.04. The molecule has 0 aliphatic heterocycles. The third kappa shape index (κ3) is 5.50. The first kappa shape index (κ1) is 16.3. The SMILES string of the molecule is CCOc1ccc(N)cc1CN(CCC#N)CC(C)C. The molecule has 1 aromatic rings. The molecule has 1 rings (SSSR count). The molecule has 4 heteroatoms. The molecule has 0 saturated heterocycles. The van der Waals surface area contributed by atoms with E-state index in [4.69, 9.17) is 15.7 Å². The Morgan fingerprint density at radius 2 is 2.15 bits per heavy atom. The van der Waals surface area contributed by atoms with Crippen LogP contribution in [0, 0.1) is 17.2 Å². The first-order valence-electron chi connectivity index (χ1n) is 7.17. The van der Waals surface area contributed by atoms with E-state index in [0.717, 1.165) is 36.6 Å². The second-order valence-electron chi connectivity index (χ2n) is 5.34. The molecule has 0 atom stereocenters. The third-order valence-corrected chi connectivity index (χ3v) is 2.94. The van der Waals surface area contributed by atoms with Crippen LogP contribution in [0.3, 0.4) is 0 Å². The number of hydrogen-bond donors (Lipinski definition) is 1. The van der Waals surface area contributed by atoms with E-state index >= 15 is 0 Å². The largest absolute Gasteiger partial charge is 0.494 e. The molecule has 1 aromatic carbocycles. The van der Waals surface area contributed by atoms with Crippen LogP contribution >= 0.6 is 0 Å². The third-order valence-electron chi connectivity index (χ3n) is 2.94. The van der Waals surface area contributed by atoms with Crippen molar-refractivity contribution >= 4 is 5.69 Å². The maximum atomic E-state index is 8.78. The lowest BCUT2D eigenvalue weighted by molar-refractivity contribution is 0.235. The topological polar surface area (TPSA) is 62.3 Å². The van der Waals surface area contributed by atoms with Gasteiger partial charge in [0.1, 0.15) is 5.75 Å². The number of nitriles is 1. The quantitative estimate of drug-likeness (QED) is 0.741. The molecule has 0 fully saturated rings. The van der Waals surface area contributed by atoms with Crippen molar-refractivity contribution in [1.82, 2.24) is 4.90 Å². The predicted molar refractivity (Wildman–Crippen MR) is 82.4 cm³/mol. The fourth-order valence-corrected chi connectivity index (χ4v) is 2.22. The molecule has 0 spiro atoms. The fraction of sp³-hybridized carbons (Fsp3) is 0.562. The normalized spacial score (nSPS) is 10.8. The van der Waals surface area contributed by atoms with Gasteiger partial charge in [-0.2, -0.15) is 5.26 Å². The standard InChI is InChI=1S/C16H25N3O/c1-4-20-16-7-6-15(18)10-14(16)12-19(9-5-8-17)11-13(2)3/h6-7,10,13H,4-5,9,11-12,18H2,1-3H3. The van der Waals surface area contributed by atoms with Crippen LogP contribution in [0.25, 0.3) is 0 Å². The van der Waals surface area contributed by atoms with E-state index in [-0.39, 0.29) is 0 Å². The molecule has 0 saturated carbocycles. The van der Waals surface area contributed by atoms with E-state index in [2.05, 4.69) is 24.8 Å². The van der Waals surface area contributed by atoms with E-state index < -0.39 is 0 Å². The lowest BCUT2D eigenvalue weighted by Gasteiger charge is -2.24. The summed E-state index contributed by atoms with van der Waals surface area (Å²) in [6, 6.07) is 7.95. The number of nitrogen functional groups attached to an aromatic ring is 1. The van der Waals surface area contributed by atoms with Gasteiger partial charge >= 0.3 is 0 Å². The van der Waals surface area contributed by atoms with Gasteiger partial charge in [-0.1, -0.05) is 13.8 Å². The summed E-state index contributed by atoms with van der Waals surface area (Å²) >= 11 is 0. The molecule has 110 valence electrons. The number of anilines is 1. The summed E-state index contributed by atoms with van der Waals surface area (Å²) in [6.45, 7) is 9.47. The molecule has 0 radical (unpaired) electrons. The summed E-state index contributed by atoms with van der Waals surface area (Å²) in [5.41, 5.74) is 7.71. The molecule has 20 heavy (non-hydrogen) atoms. The number of nitrogens with two attached hydrogens (primary N) is 1. The highest BCUT2D eigenvalue weighted by Crippen LogP contribution is 2.23. The molecular formula is C16H25N3O. The van der Waals surface area contributed by atoms with Crippen molar-refractivity contribution in [2.24, 2.45) is 5.92 Å². The number of nitrogens with zero attached hydrogens (tertiary/aromatic N) is 2. The smallest absolute Gasteiger partial charge is 0.123 e. The van der Waals surface area contributed by atoms with E-state index in [1.54, 1.807) is 0 Å². The Kier molecular flexibility index (Phi) is 6.89. The number of ether oxygens (including phenoxy) is 1. The number of benzene rings is 1. The molecule has 0 aliphatic rings. The summed E-state index contributed by atoms with van der Waals surface area (Å²) in [6.07, 6.45) is 0.541. The summed E-state index contributed by atoms with van der Waals surface area (Å²) in [7, 11) is 0. The van der Waals surface area contributed by atoms with Gasteiger partial charge in [-0.05, 0) is 31.0 Å². The Morgan fingerprint density at radius 1 is 1.40 bits per heavy atom. The van der Waals surface area contributed by atoms with Gasteiger partial charge < -0.3 is 10.5 Å². The number of hydrogen-bond acceptors (Lipinski definition) is 4. The van der Waals surface area contributed by atoms with Crippen molar-refractivity contribution < 1.29 is 4.74 Å². The summed E-state index contributed by atoms with van der Waals surface area (Å²) in [5, 5.41) is 8.78. The van der Waals surface area contributed by atoms with Crippen LogP contribution in [0.5, 0.6) is 5.75 Å². The first-order valence-corrected chi connectivity index (χ1v) is 7.17. The molecule has 0 bridgehead atoms. The minimum atomic E-state index is 0.541. The van der Waals surface area contributed by atoms with Crippen molar-refractivity contribution in [3.8, 4) is 11.8 Å². The van der Waals surface area contributed by atoms with Crippen LogP contribution in [0.1, 0.15) is 32.8 Å². The van der Waals surface area contributed by atoms with Crippen LogP contribution in [0.4, 0.5) is 5.69 Å². The zero-order valence-corrected chi connectivity index (χ0v) is 12.7. The highest BCUT2D eigenvalue weighted by Gasteiger charge is 2.12. The van der Waals surface area contributed by atoms with Gasteiger partial charge in [0.15, 0.2) is 0 Å². The van der Waals surface area contributed by atoms with Gasteiger partial charge in [0.25, 0.3) is 0 Å². The van der Waals surface area contributed by atoms with Crippen molar-refractivity contribution in [1.29, 1.82) is 5.26 Å². The fourth-order valence-electron chi connectivity index (χ4n) is 2.22. The molecule has 0 amide bonds. The molecule has 2 N–H and O–H groups in total. The molecular weight excluding hydrogens is 250 g/mol. The lowest BCUT2D eigenvalue weighted by Crippen LogP contribution is -2.28. The average Bonchev–Trinajstić information content (AvgIpc) is 2.38. The summed E-state index contributed by atoms with van der Waals surface area (Å²) in [4.78, 5) is 2.28. The van der Waals surface area contributed by atoms with Crippen LogP contribution in [0.15, 0.2) is 18.2 Å². The molecule has 4 nitrogen and oxygen atoms in total. The molecule has 0 unspecified atom stereocenters. The molecule has 0 aromatic heterocycles. The van der Waals surface area contributed by atoms with E-state index in [1.807, 2.05) is 25.1 Å². The van der Waals surface area contributed by atoms with Gasteiger partial charge in [-0.25, -0.2) is 0 Å². The maximum absolute atomic E-state index is 8.78. The lowest BCUT2D eigenvalue weighted by atomic mass is 10.1. The van der Waals surface area contributed by atoms with E-state index in [1.165, 1.54) is 0 Å². The highest BCUT2D eigenvalue weighted by molar-refractivity contribution is 5.47. The average molecular weight is 275 g/mol. The number of rotatable bonds is 8. The van der Waals surface area contributed by atoms with Crippen molar-refractivity contribution in [2.45, 2.75) is 33.7 Å². The van der Waals surface area contributed by atoms with Gasteiger partial charge in [0.05, 0.1) is 12.7 Å². The summed E-state index contributed by atoms with van der Waals surface area (Å²) in [5.74, 6) is 1.44. The van der Waals surface area contributed by atoms with Gasteiger partial charge in [-0.15, -0.1) is 0 Å². The minimum Gasteiger partial charge on any atom is -0.494 e. The van der Waals surface area contributed by atoms with E-state index in [9.17, 15) is 0 Å². The Morgan fingerprint density at radius 3 is 2.75 bits per heavy atom. The summed E-state index contributed by atoms with van der Waals surface area (Å²) < 4.78 is 5.66. The van der Waals surface area contributed by atoms with Gasteiger partial charge in [-0.3, -0.25) is 4.90 Å². The van der Waals surface area contributed by atoms with Crippen molar-refractivity contribution in [3.63, 3.8) is 0 Å². The van der Waals surface area contributed by atoms with Gasteiger partial charge in [0.2, 0.25) is 0 Å². The zero-order valence-electron chi connectivity index (χ0n) is 12.7. The van der Waals surface area contributed by atoms with Crippen LogP contribution in [-0.4, -0.2) is 24.6 Å². The Labute approximate surface area is 122 Å². The zero-order chi connectivity index (χ0) is 15.0. The van der Waals surface area contributed by atoms with Crippen LogP contribution < -0.4 is 10.5 Å². The van der Waals surface area contributed by atoms with Gasteiger partial charge in [0, 0.05) is 37.3 Å². The molecule has 0 aliphatic carbocycles. The monoisotopic (exact) mass is 275 g/mol. The van der Waals surface area contributed by atoms with E-state index in [0.29, 0.717) is 18.9 Å². The maximum Gasteiger partial charge on any atom is 0.123 e. The minimum absolute atomic E-state index is 0.541. The Bertz CT molecular complexity index is 452. The Hall–Kier alpha value is -1.73. The van der Waals surface area contributed by atoms with Crippen LogP contribution in [-0.2, 0) is 6.54 Å². The van der Waals surface area contributed by atoms with Crippen molar-refractivity contribution in [3.05, 3.63) is 23.8 Å². The van der Waals surface area contributed by atoms with Crippen molar-refractivity contribution in [2.75, 3.05) is 25.4 Å². The second-order valence-corrected chi connectivity index (χ2v) is 5.34. The Balaban J connectivity index is 2.85. The highest BCUT2D eigenvalue weighted by atomic mass is 16.5. The molecule has 0 heterocycles. The first-order chi connectivity index (χ1) is 9.56. The second kappa shape index (κ2) is 8.44. The van der Waals surface area contributed by atoms with Crippen LogP contribution in [0.2, 0.25) is 0 Å².